The molecule has 0 spiro atoms. The largest absolute Gasteiger partial charge is 0.382 e. The lowest BCUT2D eigenvalue weighted by atomic mass is 9.91. The summed E-state index contributed by atoms with van der Waals surface area (Å²) in [5.74, 6) is -1.93. The Morgan fingerprint density at radius 2 is 1.86 bits per heavy atom. The van der Waals surface area contributed by atoms with Crippen LogP contribution in [0, 0.1) is 17.5 Å². The van der Waals surface area contributed by atoms with Crippen molar-refractivity contribution in [2.75, 3.05) is 6.54 Å². The molecule has 1 heterocycles. The lowest BCUT2D eigenvalue weighted by Crippen LogP contribution is -2.46. The van der Waals surface area contributed by atoms with E-state index in [1.165, 1.54) is 35.5 Å². The third-order valence-electron chi connectivity index (χ3n) is 4.79. The van der Waals surface area contributed by atoms with E-state index >= 15 is 0 Å². The van der Waals surface area contributed by atoms with Gasteiger partial charge < -0.3 is 5.11 Å². The van der Waals surface area contributed by atoms with Gasteiger partial charge in [-0.3, -0.25) is 4.90 Å². The average molecular weight is 404 g/mol. The van der Waals surface area contributed by atoms with Gasteiger partial charge in [0.05, 0.1) is 6.54 Å². The molecule has 0 amide bonds. The molecule has 2 aromatic carbocycles. The predicted molar refractivity (Wildman–Crippen MR) is 102 cm³/mol. The van der Waals surface area contributed by atoms with E-state index in [1.807, 2.05) is 18.7 Å². The molecule has 154 valence electrons. The van der Waals surface area contributed by atoms with E-state index in [-0.39, 0.29) is 30.5 Å². The summed E-state index contributed by atoms with van der Waals surface area (Å²) in [6.07, 6.45) is 2.73. The van der Waals surface area contributed by atoms with E-state index in [4.69, 9.17) is 0 Å². The molecule has 0 radical (unpaired) electrons. The van der Waals surface area contributed by atoms with Crippen molar-refractivity contribution in [3.05, 3.63) is 83.7 Å². The first-order valence-corrected chi connectivity index (χ1v) is 9.25. The van der Waals surface area contributed by atoms with Crippen LogP contribution >= 0.6 is 0 Å². The van der Waals surface area contributed by atoms with Crippen molar-refractivity contribution in [2.24, 2.45) is 0 Å². The Morgan fingerprint density at radius 3 is 2.48 bits per heavy atom. The SMILES string of the molecule is CC(C)N(Cc1cccc(F)c1)CC(O)(Cn1cncn1)c1ccc(F)cc1F. The zero-order valence-electron chi connectivity index (χ0n) is 16.3. The number of aromatic nitrogens is 3. The average Bonchev–Trinajstić information content (AvgIpc) is 3.13. The predicted octanol–water partition coefficient (Wildman–Crippen LogP) is 3.49. The van der Waals surface area contributed by atoms with Crippen LogP contribution in [-0.4, -0.2) is 37.4 Å². The summed E-state index contributed by atoms with van der Waals surface area (Å²) < 4.78 is 43.0. The second kappa shape index (κ2) is 8.75. The van der Waals surface area contributed by atoms with E-state index in [0.717, 1.165) is 17.7 Å². The highest BCUT2D eigenvalue weighted by Gasteiger charge is 2.36. The number of hydrogen-bond acceptors (Lipinski definition) is 4. The molecule has 8 heteroatoms. The number of rotatable bonds is 8. The van der Waals surface area contributed by atoms with Crippen molar-refractivity contribution in [3.8, 4) is 0 Å². The van der Waals surface area contributed by atoms with Crippen LogP contribution in [0.25, 0.3) is 0 Å². The molecule has 1 aromatic heterocycles. The molecular formula is C21H23F3N4O. The van der Waals surface area contributed by atoms with Gasteiger partial charge in [0.25, 0.3) is 0 Å². The van der Waals surface area contributed by atoms with Crippen molar-refractivity contribution in [1.29, 1.82) is 0 Å². The Hall–Kier alpha value is -2.71. The highest BCUT2D eigenvalue weighted by Crippen LogP contribution is 2.29. The zero-order valence-corrected chi connectivity index (χ0v) is 16.3. The molecule has 0 aliphatic rings. The maximum atomic E-state index is 14.6. The van der Waals surface area contributed by atoms with Crippen LogP contribution in [0.4, 0.5) is 13.2 Å². The topological polar surface area (TPSA) is 54.2 Å². The normalized spacial score (nSPS) is 13.8. The Bertz CT molecular complexity index is 949. The zero-order chi connectivity index (χ0) is 21.0. The Morgan fingerprint density at radius 1 is 1.10 bits per heavy atom. The minimum atomic E-state index is -1.72. The van der Waals surface area contributed by atoms with Gasteiger partial charge in [0, 0.05) is 30.8 Å². The summed E-state index contributed by atoms with van der Waals surface area (Å²) >= 11 is 0. The van der Waals surface area contributed by atoms with Crippen molar-refractivity contribution in [3.63, 3.8) is 0 Å². The lowest BCUT2D eigenvalue weighted by Gasteiger charge is -2.37. The molecule has 0 saturated heterocycles. The van der Waals surface area contributed by atoms with E-state index in [0.29, 0.717) is 6.54 Å². The summed E-state index contributed by atoms with van der Waals surface area (Å²) in [6, 6.07) is 9.23. The fraction of sp³-hybridized carbons (Fsp3) is 0.333. The van der Waals surface area contributed by atoms with Crippen LogP contribution < -0.4 is 0 Å². The van der Waals surface area contributed by atoms with Crippen LogP contribution in [0.3, 0.4) is 0 Å². The summed E-state index contributed by atoms with van der Waals surface area (Å²) in [6.45, 7) is 4.13. The number of nitrogens with zero attached hydrogens (tertiary/aromatic N) is 4. The lowest BCUT2D eigenvalue weighted by molar-refractivity contribution is -0.0313. The number of benzene rings is 2. The van der Waals surface area contributed by atoms with Crippen molar-refractivity contribution >= 4 is 0 Å². The van der Waals surface area contributed by atoms with Gasteiger partial charge in [0.15, 0.2) is 0 Å². The third-order valence-corrected chi connectivity index (χ3v) is 4.79. The van der Waals surface area contributed by atoms with Crippen molar-refractivity contribution in [1.82, 2.24) is 19.7 Å². The molecule has 1 atom stereocenters. The minimum Gasteiger partial charge on any atom is -0.382 e. The first-order chi connectivity index (χ1) is 13.8. The third kappa shape index (κ3) is 5.21. The molecule has 1 unspecified atom stereocenters. The standard InChI is InChI=1S/C21H23F3N4O/c1-15(2)27(10-16-4-3-5-17(22)8-16)11-21(29,12-28-14-25-13-26-28)19-7-6-18(23)9-20(19)24/h3-9,13-15,29H,10-12H2,1-2H3. The second-order valence-corrected chi connectivity index (χ2v) is 7.38. The first kappa shape index (κ1) is 21.0. The Labute approximate surface area is 167 Å². The highest BCUT2D eigenvalue weighted by atomic mass is 19.1. The minimum absolute atomic E-state index is 0.0175. The molecule has 3 rings (SSSR count). The van der Waals surface area contributed by atoms with Crippen LogP contribution in [0.5, 0.6) is 0 Å². The number of halogens is 3. The molecule has 0 fully saturated rings. The van der Waals surface area contributed by atoms with Gasteiger partial charge in [-0.1, -0.05) is 18.2 Å². The fourth-order valence-electron chi connectivity index (χ4n) is 3.30. The van der Waals surface area contributed by atoms with Gasteiger partial charge >= 0.3 is 0 Å². The van der Waals surface area contributed by atoms with Crippen LogP contribution in [0.2, 0.25) is 0 Å². The number of hydrogen-bond donors (Lipinski definition) is 1. The summed E-state index contributed by atoms with van der Waals surface area (Å²) in [7, 11) is 0. The fourth-order valence-corrected chi connectivity index (χ4v) is 3.30. The number of aliphatic hydroxyl groups is 1. The monoisotopic (exact) mass is 404 g/mol. The van der Waals surface area contributed by atoms with Gasteiger partial charge in [0.2, 0.25) is 0 Å². The molecule has 0 bridgehead atoms. The second-order valence-electron chi connectivity index (χ2n) is 7.38. The Kier molecular flexibility index (Phi) is 6.34. The van der Waals surface area contributed by atoms with Gasteiger partial charge in [0.1, 0.15) is 35.7 Å². The summed E-state index contributed by atoms with van der Waals surface area (Å²) in [4.78, 5) is 5.76. The quantitative estimate of drug-likeness (QED) is 0.625. The van der Waals surface area contributed by atoms with Crippen LogP contribution in [0.1, 0.15) is 25.0 Å². The molecule has 0 aliphatic heterocycles. The molecule has 0 aliphatic carbocycles. The van der Waals surface area contributed by atoms with Crippen LogP contribution in [-0.2, 0) is 18.7 Å². The first-order valence-electron chi connectivity index (χ1n) is 9.25. The summed E-state index contributed by atoms with van der Waals surface area (Å²) in [5, 5.41) is 15.5. The summed E-state index contributed by atoms with van der Waals surface area (Å²) in [5.41, 5.74) is -1.04. The highest BCUT2D eigenvalue weighted by molar-refractivity contribution is 5.26. The molecular weight excluding hydrogens is 381 g/mol. The molecule has 29 heavy (non-hydrogen) atoms. The van der Waals surface area contributed by atoms with Gasteiger partial charge in [-0.05, 0) is 37.6 Å². The van der Waals surface area contributed by atoms with Crippen molar-refractivity contribution < 1.29 is 18.3 Å². The van der Waals surface area contributed by atoms with Crippen molar-refractivity contribution in [2.45, 2.75) is 38.6 Å². The van der Waals surface area contributed by atoms with E-state index in [9.17, 15) is 18.3 Å². The molecule has 5 nitrogen and oxygen atoms in total. The molecule has 1 N–H and O–H groups in total. The van der Waals surface area contributed by atoms with E-state index in [1.54, 1.807) is 12.1 Å². The smallest absolute Gasteiger partial charge is 0.137 e. The van der Waals surface area contributed by atoms with E-state index < -0.39 is 17.2 Å². The van der Waals surface area contributed by atoms with Gasteiger partial charge in [-0.2, -0.15) is 5.10 Å². The molecule has 0 saturated carbocycles. The van der Waals surface area contributed by atoms with E-state index in [2.05, 4.69) is 10.1 Å². The maximum absolute atomic E-state index is 14.6. The van der Waals surface area contributed by atoms with Gasteiger partial charge in [-0.15, -0.1) is 0 Å². The molecule has 3 aromatic rings. The van der Waals surface area contributed by atoms with Gasteiger partial charge in [-0.25, -0.2) is 22.8 Å². The Balaban J connectivity index is 1.95. The maximum Gasteiger partial charge on any atom is 0.137 e. The van der Waals surface area contributed by atoms with Crippen LogP contribution in [0.15, 0.2) is 55.1 Å².